The molecule has 0 saturated carbocycles. The second-order valence-corrected chi connectivity index (χ2v) is 7.38. The summed E-state index contributed by atoms with van der Waals surface area (Å²) in [7, 11) is 0. The van der Waals surface area contributed by atoms with Crippen LogP contribution >= 0.6 is 0 Å². The van der Waals surface area contributed by atoms with Gasteiger partial charge in [-0.1, -0.05) is 24.3 Å². The fraction of sp³-hybridized carbons (Fsp3) is 0.455. The predicted molar refractivity (Wildman–Crippen MR) is 106 cm³/mol. The number of piperidine rings is 1. The molecule has 0 bridgehead atoms. The Morgan fingerprint density at radius 3 is 2.72 bits per heavy atom. The lowest BCUT2D eigenvalue weighted by molar-refractivity contribution is -0.121. The third-order valence-electron chi connectivity index (χ3n) is 5.28. The van der Waals surface area contributed by atoms with Crippen LogP contribution in [0.25, 0.3) is 0 Å². The number of carbonyl (C=O) groups is 1. The Bertz CT molecular complexity index is 766. The van der Waals surface area contributed by atoms with Crippen LogP contribution in [0.15, 0.2) is 48.8 Å². The van der Waals surface area contributed by atoms with Crippen LogP contribution in [-0.4, -0.2) is 35.5 Å². The largest absolute Gasteiger partial charge is 0.434 e. The van der Waals surface area contributed by atoms with E-state index in [0.29, 0.717) is 25.4 Å². The van der Waals surface area contributed by atoms with Crippen molar-refractivity contribution in [3.63, 3.8) is 0 Å². The third kappa shape index (κ3) is 7.09. The Morgan fingerprint density at radius 2 is 2.00 bits per heavy atom. The highest BCUT2D eigenvalue weighted by molar-refractivity contribution is 5.75. The van der Waals surface area contributed by atoms with Gasteiger partial charge in [-0.25, -0.2) is 0 Å². The second kappa shape index (κ2) is 10.9. The number of benzene rings is 1. The molecule has 0 aliphatic carbocycles. The van der Waals surface area contributed by atoms with Gasteiger partial charge in [0.2, 0.25) is 5.91 Å². The Balaban J connectivity index is 1.37. The van der Waals surface area contributed by atoms with E-state index in [2.05, 4.69) is 19.9 Å². The number of halogens is 2. The van der Waals surface area contributed by atoms with E-state index >= 15 is 0 Å². The maximum Gasteiger partial charge on any atom is 0.387 e. The van der Waals surface area contributed by atoms with Crippen molar-refractivity contribution < 1.29 is 18.3 Å². The molecule has 1 saturated heterocycles. The van der Waals surface area contributed by atoms with Gasteiger partial charge in [0.25, 0.3) is 0 Å². The molecule has 0 spiro atoms. The number of para-hydroxylation sites is 1. The van der Waals surface area contributed by atoms with Crippen molar-refractivity contribution in [1.29, 1.82) is 0 Å². The van der Waals surface area contributed by atoms with Crippen molar-refractivity contribution in [2.75, 3.05) is 13.1 Å². The van der Waals surface area contributed by atoms with Gasteiger partial charge >= 0.3 is 6.61 Å². The van der Waals surface area contributed by atoms with E-state index in [1.54, 1.807) is 24.5 Å². The average Bonchev–Trinajstić information content (AvgIpc) is 2.73. The van der Waals surface area contributed by atoms with Crippen LogP contribution in [0.2, 0.25) is 0 Å². The first-order valence-corrected chi connectivity index (χ1v) is 10.0. The van der Waals surface area contributed by atoms with Gasteiger partial charge in [-0.15, -0.1) is 0 Å². The number of nitrogens with zero attached hydrogens (tertiary/aromatic N) is 2. The summed E-state index contributed by atoms with van der Waals surface area (Å²) in [6.45, 7) is 0.0775. The number of nitrogens with one attached hydrogen (secondary N) is 1. The number of pyridine rings is 1. The number of amides is 1. The van der Waals surface area contributed by atoms with Crippen molar-refractivity contribution in [3.8, 4) is 5.75 Å². The first-order valence-electron chi connectivity index (χ1n) is 10.0. The summed E-state index contributed by atoms with van der Waals surface area (Å²) in [6, 6.07) is 10.7. The van der Waals surface area contributed by atoms with Gasteiger partial charge in [0.05, 0.1) is 0 Å². The van der Waals surface area contributed by atoms with Crippen molar-refractivity contribution in [3.05, 3.63) is 59.9 Å². The van der Waals surface area contributed by atoms with E-state index in [4.69, 9.17) is 0 Å². The normalized spacial score (nSPS) is 15.4. The SMILES string of the molecule is O=C(CCC1CCN(Cc2ccccc2OC(F)F)CC1)NCc1cccnc1. The van der Waals surface area contributed by atoms with Gasteiger partial charge in [-0.05, 0) is 56.0 Å². The number of ether oxygens (including phenoxy) is 1. The number of alkyl halides is 2. The standard InChI is InChI=1S/C22H27F2N3O2/c23-22(24)29-20-6-2-1-5-19(20)16-27-12-9-17(10-13-27)7-8-21(28)26-15-18-4-3-11-25-14-18/h1-6,11,14,17,22H,7-10,12-13,15-16H2,(H,26,28). The molecule has 1 aliphatic heterocycles. The van der Waals surface area contributed by atoms with Gasteiger partial charge in [0.15, 0.2) is 0 Å². The van der Waals surface area contributed by atoms with Gasteiger partial charge in [0, 0.05) is 37.5 Å². The van der Waals surface area contributed by atoms with Crippen molar-refractivity contribution in [2.24, 2.45) is 5.92 Å². The van der Waals surface area contributed by atoms with E-state index in [1.165, 1.54) is 0 Å². The molecule has 5 nitrogen and oxygen atoms in total. The molecular formula is C22H27F2N3O2. The zero-order chi connectivity index (χ0) is 20.5. The quantitative estimate of drug-likeness (QED) is 0.688. The summed E-state index contributed by atoms with van der Waals surface area (Å²) < 4.78 is 29.7. The van der Waals surface area contributed by atoms with Crippen molar-refractivity contribution in [1.82, 2.24) is 15.2 Å². The molecule has 1 aromatic carbocycles. The maximum absolute atomic E-state index is 12.6. The first-order chi connectivity index (χ1) is 14.1. The Morgan fingerprint density at radius 1 is 1.21 bits per heavy atom. The van der Waals surface area contributed by atoms with E-state index in [1.807, 2.05) is 24.3 Å². The van der Waals surface area contributed by atoms with Gasteiger partial charge < -0.3 is 10.1 Å². The second-order valence-electron chi connectivity index (χ2n) is 7.38. The lowest BCUT2D eigenvalue weighted by Crippen LogP contribution is -2.34. The summed E-state index contributed by atoms with van der Waals surface area (Å²) in [5, 5.41) is 2.94. The molecule has 0 atom stereocenters. The summed E-state index contributed by atoms with van der Waals surface area (Å²) >= 11 is 0. The van der Waals surface area contributed by atoms with Crippen LogP contribution in [0.4, 0.5) is 8.78 Å². The summed E-state index contributed by atoms with van der Waals surface area (Å²) in [6.07, 6.45) is 6.87. The Kier molecular flexibility index (Phi) is 7.93. The van der Waals surface area contributed by atoms with E-state index < -0.39 is 6.61 Å². The van der Waals surface area contributed by atoms with E-state index in [9.17, 15) is 13.6 Å². The molecule has 3 rings (SSSR count). The third-order valence-corrected chi connectivity index (χ3v) is 5.28. The zero-order valence-electron chi connectivity index (χ0n) is 16.4. The highest BCUT2D eigenvalue weighted by Crippen LogP contribution is 2.26. The molecule has 156 valence electrons. The Labute approximate surface area is 170 Å². The molecule has 0 unspecified atom stereocenters. The summed E-state index contributed by atoms with van der Waals surface area (Å²) in [5.41, 5.74) is 1.77. The van der Waals surface area contributed by atoms with E-state index in [0.717, 1.165) is 43.5 Å². The first kappa shape index (κ1) is 21.2. The van der Waals surface area contributed by atoms with Crippen molar-refractivity contribution in [2.45, 2.75) is 45.4 Å². The molecule has 1 amide bonds. The van der Waals surface area contributed by atoms with Gasteiger partial charge in [0.1, 0.15) is 5.75 Å². The van der Waals surface area contributed by atoms with Crippen LogP contribution < -0.4 is 10.1 Å². The lowest BCUT2D eigenvalue weighted by Gasteiger charge is -2.32. The number of hydrogen-bond donors (Lipinski definition) is 1. The minimum Gasteiger partial charge on any atom is -0.434 e. The van der Waals surface area contributed by atoms with E-state index in [-0.39, 0.29) is 11.7 Å². The topological polar surface area (TPSA) is 54.5 Å². The lowest BCUT2D eigenvalue weighted by atomic mass is 9.92. The van der Waals surface area contributed by atoms with Crippen LogP contribution in [0, 0.1) is 5.92 Å². The predicted octanol–water partition coefficient (Wildman–Crippen LogP) is 3.99. The molecule has 0 radical (unpaired) electrons. The molecule has 1 fully saturated rings. The molecule has 29 heavy (non-hydrogen) atoms. The average molecular weight is 403 g/mol. The molecule has 2 heterocycles. The Hall–Kier alpha value is -2.54. The maximum atomic E-state index is 12.6. The molecule has 1 N–H and O–H groups in total. The number of hydrogen-bond acceptors (Lipinski definition) is 4. The summed E-state index contributed by atoms with van der Waals surface area (Å²) in [5.74, 6) is 0.826. The molecule has 2 aromatic rings. The molecule has 1 aromatic heterocycles. The smallest absolute Gasteiger partial charge is 0.387 e. The number of rotatable bonds is 9. The van der Waals surface area contributed by atoms with Crippen LogP contribution in [0.5, 0.6) is 5.75 Å². The fourth-order valence-electron chi connectivity index (χ4n) is 3.65. The molecule has 7 heteroatoms. The van der Waals surface area contributed by atoms with Crippen LogP contribution in [-0.2, 0) is 17.9 Å². The summed E-state index contributed by atoms with van der Waals surface area (Å²) in [4.78, 5) is 18.4. The van der Waals surface area contributed by atoms with Crippen molar-refractivity contribution >= 4 is 5.91 Å². The highest BCUT2D eigenvalue weighted by atomic mass is 19.3. The molecule has 1 aliphatic rings. The highest BCUT2D eigenvalue weighted by Gasteiger charge is 2.21. The van der Waals surface area contributed by atoms with Crippen LogP contribution in [0.3, 0.4) is 0 Å². The fourth-order valence-corrected chi connectivity index (χ4v) is 3.65. The molecular weight excluding hydrogens is 376 g/mol. The number of aromatic nitrogens is 1. The number of likely N-dealkylation sites (tertiary alicyclic amines) is 1. The number of carbonyl (C=O) groups excluding carboxylic acids is 1. The van der Waals surface area contributed by atoms with Gasteiger partial charge in [-0.2, -0.15) is 8.78 Å². The minimum atomic E-state index is -2.81. The van der Waals surface area contributed by atoms with Gasteiger partial charge in [-0.3, -0.25) is 14.7 Å². The zero-order valence-corrected chi connectivity index (χ0v) is 16.4. The monoisotopic (exact) mass is 403 g/mol. The minimum absolute atomic E-state index is 0.0642. The van der Waals surface area contributed by atoms with Crippen LogP contribution in [0.1, 0.15) is 36.8 Å².